The molecule has 1 atom stereocenters. The van der Waals surface area contributed by atoms with Crippen LogP contribution in [-0.2, 0) is 9.53 Å². The Kier molecular flexibility index (Phi) is 7.39. The van der Waals surface area contributed by atoms with Gasteiger partial charge in [-0.3, -0.25) is 4.79 Å². The Bertz CT molecular complexity index is 1250. The molecule has 2 aromatic carbocycles. The van der Waals surface area contributed by atoms with E-state index in [2.05, 4.69) is 5.32 Å². The molecule has 0 bridgehead atoms. The monoisotopic (exact) mass is 463 g/mol. The van der Waals surface area contributed by atoms with E-state index in [0.29, 0.717) is 25.1 Å². The van der Waals surface area contributed by atoms with E-state index >= 15 is 0 Å². The lowest BCUT2D eigenvalue weighted by atomic mass is 10.1. The first kappa shape index (κ1) is 23.3. The van der Waals surface area contributed by atoms with Crippen molar-refractivity contribution < 1.29 is 28.2 Å². The maximum absolute atomic E-state index is 12.4. The fourth-order valence-electron chi connectivity index (χ4n) is 3.58. The fourth-order valence-corrected chi connectivity index (χ4v) is 3.58. The number of ether oxygens (including phenoxy) is 3. The van der Waals surface area contributed by atoms with E-state index in [1.807, 2.05) is 31.2 Å². The second-order valence-corrected chi connectivity index (χ2v) is 7.75. The zero-order chi connectivity index (χ0) is 23.9. The van der Waals surface area contributed by atoms with Crippen molar-refractivity contribution in [1.82, 2.24) is 5.32 Å². The Morgan fingerprint density at radius 1 is 1.12 bits per heavy atom. The van der Waals surface area contributed by atoms with Gasteiger partial charge in [-0.15, -0.1) is 0 Å². The minimum atomic E-state index is -0.767. The zero-order valence-corrected chi connectivity index (χ0v) is 18.7. The van der Waals surface area contributed by atoms with Crippen molar-refractivity contribution >= 4 is 28.9 Å². The normalized spacial score (nSPS) is 15.5. The number of benzene rings is 2. The van der Waals surface area contributed by atoms with Crippen LogP contribution in [-0.4, -0.2) is 37.7 Å². The summed E-state index contributed by atoms with van der Waals surface area (Å²) in [6, 6.07) is 13.4. The van der Waals surface area contributed by atoms with Gasteiger partial charge in [-0.2, -0.15) is 0 Å². The molecule has 1 aliphatic rings. The average molecular weight is 463 g/mol. The molecule has 176 valence electrons. The van der Waals surface area contributed by atoms with E-state index in [9.17, 15) is 14.4 Å². The lowest BCUT2D eigenvalue weighted by Crippen LogP contribution is -2.34. The Balaban J connectivity index is 1.40. The zero-order valence-electron chi connectivity index (χ0n) is 18.7. The smallest absolute Gasteiger partial charge is 0.349 e. The molecule has 1 unspecified atom stereocenters. The van der Waals surface area contributed by atoms with Crippen molar-refractivity contribution in [3.63, 3.8) is 0 Å². The minimum absolute atomic E-state index is 0.0304. The Hall–Kier alpha value is -3.91. The molecule has 0 spiro atoms. The van der Waals surface area contributed by atoms with Crippen LogP contribution in [0.3, 0.4) is 0 Å². The van der Waals surface area contributed by atoms with Gasteiger partial charge in [0.15, 0.2) is 0 Å². The summed E-state index contributed by atoms with van der Waals surface area (Å²) < 4.78 is 21.5. The first-order valence-corrected chi connectivity index (χ1v) is 11.1. The molecule has 1 saturated heterocycles. The first-order chi connectivity index (χ1) is 16.5. The SMILES string of the molecule is CCOc1ccc(/C=C/C(=O)Oc2ccc3cc(C(=O)NCC4CCCO4)c(=O)oc3c2)cc1. The number of carbonyl (C=O) groups is 2. The summed E-state index contributed by atoms with van der Waals surface area (Å²) in [6.07, 6.45) is 4.74. The second-order valence-electron chi connectivity index (χ2n) is 7.75. The van der Waals surface area contributed by atoms with E-state index in [1.54, 1.807) is 18.2 Å². The van der Waals surface area contributed by atoms with Crippen LogP contribution in [0.2, 0.25) is 0 Å². The number of esters is 1. The van der Waals surface area contributed by atoms with Crippen molar-refractivity contribution in [2.24, 2.45) is 0 Å². The van der Waals surface area contributed by atoms with Gasteiger partial charge in [0, 0.05) is 30.7 Å². The Morgan fingerprint density at radius 2 is 1.91 bits per heavy atom. The van der Waals surface area contributed by atoms with Gasteiger partial charge >= 0.3 is 11.6 Å². The molecule has 3 aromatic rings. The number of rotatable bonds is 8. The molecule has 8 nitrogen and oxygen atoms in total. The molecule has 4 rings (SSSR count). The molecular formula is C26H25NO7. The summed E-state index contributed by atoms with van der Waals surface area (Å²) in [7, 11) is 0. The summed E-state index contributed by atoms with van der Waals surface area (Å²) in [6.45, 7) is 3.52. The van der Waals surface area contributed by atoms with Gasteiger partial charge in [-0.25, -0.2) is 9.59 Å². The minimum Gasteiger partial charge on any atom is -0.494 e. The van der Waals surface area contributed by atoms with Crippen LogP contribution in [0.5, 0.6) is 11.5 Å². The standard InChI is InChI=1S/C26H25NO7/c1-2-31-19-9-5-17(6-10-19)7-12-24(28)33-20-11-8-18-14-22(26(30)34-23(18)15-20)25(29)27-16-21-4-3-13-32-21/h5-12,14-15,21H,2-4,13,16H2,1H3,(H,27,29)/b12-7+. The molecule has 2 heterocycles. The molecule has 0 radical (unpaired) electrons. The van der Waals surface area contributed by atoms with Gasteiger partial charge in [-0.05, 0) is 61.7 Å². The van der Waals surface area contributed by atoms with Crippen molar-refractivity contribution in [2.45, 2.75) is 25.9 Å². The second kappa shape index (κ2) is 10.8. The van der Waals surface area contributed by atoms with Gasteiger partial charge in [0.1, 0.15) is 22.6 Å². The van der Waals surface area contributed by atoms with E-state index in [0.717, 1.165) is 24.2 Å². The molecule has 0 aliphatic carbocycles. The van der Waals surface area contributed by atoms with Crippen LogP contribution in [0.4, 0.5) is 0 Å². The highest BCUT2D eigenvalue weighted by molar-refractivity contribution is 5.97. The lowest BCUT2D eigenvalue weighted by Gasteiger charge is -2.10. The van der Waals surface area contributed by atoms with Crippen LogP contribution in [0.25, 0.3) is 17.0 Å². The van der Waals surface area contributed by atoms with Gasteiger partial charge in [0.05, 0.1) is 12.7 Å². The average Bonchev–Trinajstić information content (AvgIpc) is 3.35. The highest BCUT2D eigenvalue weighted by Crippen LogP contribution is 2.21. The van der Waals surface area contributed by atoms with Crippen molar-refractivity contribution in [1.29, 1.82) is 0 Å². The van der Waals surface area contributed by atoms with Crippen LogP contribution in [0, 0.1) is 0 Å². The third kappa shape index (κ3) is 5.90. The molecule has 34 heavy (non-hydrogen) atoms. The molecule has 1 fully saturated rings. The van der Waals surface area contributed by atoms with E-state index in [4.69, 9.17) is 18.6 Å². The third-order valence-electron chi connectivity index (χ3n) is 5.29. The maximum atomic E-state index is 12.4. The number of hydrogen-bond donors (Lipinski definition) is 1. The quantitative estimate of drug-likeness (QED) is 0.235. The van der Waals surface area contributed by atoms with E-state index in [1.165, 1.54) is 18.2 Å². The Morgan fingerprint density at radius 3 is 2.65 bits per heavy atom. The summed E-state index contributed by atoms with van der Waals surface area (Å²) in [5.74, 6) is -0.127. The molecule has 1 N–H and O–H groups in total. The number of amides is 1. The largest absolute Gasteiger partial charge is 0.494 e. The van der Waals surface area contributed by atoms with Gasteiger partial charge in [0.2, 0.25) is 0 Å². The summed E-state index contributed by atoms with van der Waals surface area (Å²) in [5.41, 5.74) is 0.168. The van der Waals surface area contributed by atoms with Crippen LogP contribution >= 0.6 is 0 Å². The van der Waals surface area contributed by atoms with Crippen LogP contribution < -0.4 is 20.4 Å². The van der Waals surface area contributed by atoms with Gasteiger partial charge in [-0.1, -0.05) is 12.1 Å². The number of fused-ring (bicyclic) bond motifs is 1. The summed E-state index contributed by atoms with van der Waals surface area (Å²) in [5, 5.41) is 3.25. The highest BCUT2D eigenvalue weighted by atomic mass is 16.5. The molecule has 1 aromatic heterocycles. The maximum Gasteiger partial charge on any atom is 0.349 e. The number of hydrogen-bond acceptors (Lipinski definition) is 7. The highest BCUT2D eigenvalue weighted by Gasteiger charge is 2.19. The van der Waals surface area contributed by atoms with E-state index in [-0.39, 0.29) is 23.0 Å². The fraction of sp³-hybridized carbons (Fsp3) is 0.269. The predicted molar refractivity (Wildman–Crippen MR) is 126 cm³/mol. The molecular weight excluding hydrogens is 438 g/mol. The van der Waals surface area contributed by atoms with Gasteiger partial charge in [0.25, 0.3) is 5.91 Å². The predicted octanol–water partition coefficient (Wildman–Crippen LogP) is 3.72. The number of nitrogens with one attached hydrogen (secondary N) is 1. The lowest BCUT2D eigenvalue weighted by molar-refractivity contribution is -0.128. The van der Waals surface area contributed by atoms with Crippen LogP contribution in [0.1, 0.15) is 35.7 Å². The summed E-state index contributed by atoms with van der Waals surface area (Å²) >= 11 is 0. The van der Waals surface area contributed by atoms with Crippen molar-refractivity contribution in [2.75, 3.05) is 19.8 Å². The third-order valence-corrected chi connectivity index (χ3v) is 5.29. The van der Waals surface area contributed by atoms with Crippen LogP contribution in [0.15, 0.2) is 63.8 Å². The number of carbonyl (C=O) groups excluding carboxylic acids is 2. The molecule has 1 aliphatic heterocycles. The topological polar surface area (TPSA) is 104 Å². The van der Waals surface area contributed by atoms with E-state index < -0.39 is 17.5 Å². The van der Waals surface area contributed by atoms with Crippen molar-refractivity contribution in [3.05, 3.63) is 76.2 Å². The van der Waals surface area contributed by atoms with Gasteiger partial charge < -0.3 is 23.9 Å². The Labute approximate surface area is 196 Å². The first-order valence-electron chi connectivity index (χ1n) is 11.1. The molecule has 8 heteroatoms. The summed E-state index contributed by atoms with van der Waals surface area (Å²) in [4.78, 5) is 36.9. The molecule has 1 amide bonds. The van der Waals surface area contributed by atoms with Crippen molar-refractivity contribution in [3.8, 4) is 11.5 Å². The molecule has 0 saturated carbocycles.